The minimum absolute atomic E-state index is 0.446. The Morgan fingerprint density at radius 3 is 1.16 bits per heavy atom. The van der Waals surface area contributed by atoms with Crippen molar-refractivity contribution in [3.05, 3.63) is 109 Å². The number of furan rings is 1. The van der Waals surface area contributed by atoms with Crippen molar-refractivity contribution in [2.45, 2.75) is 0 Å². The summed E-state index contributed by atoms with van der Waals surface area (Å²) in [6.07, 6.45) is 1.64. The first-order valence-corrected chi connectivity index (χ1v) is 10.0. The van der Waals surface area contributed by atoms with Crippen molar-refractivity contribution in [3.8, 4) is 0 Å². The van der Waals surface area contributed by atoms with Crippen molar-refractivity contribution in [3.63, 3.8) is 0 Å². The maximum atomic E-state index is 4.80. The van der Waals surface area contributed by atoms with Crippen LogP contribution in [0.2, 0.25) is 0 Å². The molecule has 0 aliphatic heterocycles. The molecule has 3 aromatic carbocycles. The lowest BCUT2D eigenvalue weighted by molar-refractivity contribution is 0.604. The summed E-state index contributed by atoms with van der Waals surface area (Å²) >= 11 is 0. The van der Waals surface area contributed by atoms with Crippen LogP contribution in [-0.4, -0.2) is 0 Å². The molecule has 0 saturated heterocycles. The van der Waals surface area contributed by atoms with Gasteiger partial charge in [-0.05, 0) is 36.0 Å². The van der Waals surface area contributed by atoms with Gasteiger partial charge >= 0.3 is 0 Å². The summed E-state index contributed by atoms with van der Waals surface area (Å²) in [4.78, 5) is 0. The van der Waals surface area contributed by atoms with E-state index in [-0.39, 0.29) is 0 Å². The molecule has 0 radical (unpaired) electrons. The van der Waals surface area contributed by atoms with Gasteiger partial charge in [0.05, 0.1) is 6.26 Å². The van der Waals surface area contributed by atoms with Crippen molar-refractivity contribution in [2.24, 2.45) is 0 Å². The standard InChI is InChI=1S/C18H15P.C4H5OP/c1-4-10-16(11-5-1)19(17-12-6-2-7-13-17)18-14-8-3-9-15-18;6-4-2-1-3-5-4/h1-15H;1-3H,6H2. The van der Waals surface area contributed by atoms with Crippen LogP contribution in [0.1, 0.15) is 0 Å². The molecule has 0 saturated carbocycles. The van der Waals surface area contributed by atoms with Gasteiger partial charge in [0.15, 0.2) is 0 Å². The molecule has 0 spiro atoms. The molecule has 0 fully saturated rings. The Morgan fingerprint density at radius 2 is 0.920 bits per heavy atom. The number of hydrogen-bond donors (Lipinski definition) is 0. The molecule has 1 unspecified atom stereocenters. The Kier molecular flexibility index (Phi) is 6.57. The monoisotopic (exact) mass is 362 g/mol. The van der Waals surface area contributed by atoms with Gasteiger partial charge in [0.2, 0.25) is 0 Å². The molecule has 25 heavy (non-hydrogen) atoms. The van der Waals surface area contributed by atoms with Crippen molar-refractivity contribution < 1.29 is 4.42 Å². The van der Waals surface area contributed by atoms with E-state index >= 15 is 0 Å². The van der Waals surface area contributed by atoms with Gasteiger partial charge in [0.1, 0.15) is 5.50 Å². The molecule has 1 atom stereocenters. The summed E-state index contributed by atoms with van der Waals surface area (Å²) in [7, 11) is 2.00. The zero-order chi connectivity index (χ0) is 17.3. The summed E-state index contributed by atoms with van der Waals surface area (Å²) in [5.74, 6) is 0. The quantitative estimate of drug-likeness (QED) is 0.497. The maximum Gasteiger partial charge on any atom is 0.119 e. The van der Waals surface area contributed by atoms with E-state index in [1.165, 1.54) is 15.9 Å². The molecule has 0 N–H and O–H groups in total. The highest BCUT2D eigenvalue weighted by atomic mass is 31.1. The van der Waals surface area contributed by atoms with Crippen molar-refractivity contribution in [1.82, 2.24) is 0 Å². The molecule has 3 heteroatoms. The molecule has 0 aliphatic rings. The van der Waals surface area contributed by atoms with Crippen molar-refractivity contribution >= 4 is 38.6 Å². The molecule has 0 amide bonds. The third kappa shape index (κ3) is 5.13. The second-order valence-corrected chi connectivity index (χ2v) is 8.15. The topological polar surface area (TPSA) is 13.1 Å². The third-order valence-corrected chi connectivity index (χ3v) is 6.36. The zero-order valence-electron chi connectivity index (χ0n) is 13.8. The van der Waals surface area contributed by atoms with Crippen molar-refractivity contribution in [2.75, 3.05) is 0 Å². The molecular weight excluding hydrogens is 342 g/mol. The van der Waals surface area contributed by atoms with E-state index in [1.54, 1.807) is 6.26 Å². The first-order valence-electron chi connectivity index (χ1n) is 8.09. The Hall–Kier alpha value is -2.20. The van der Waals surface area contributed by atoms with Crippen LogP contribution in [0.4, 0.5) is 0 Å². The summed E-state index contributed by atoms with van der Waals surface area (Å²) < 4.78 is 4.80. The largest absolute Gasteiger partial charge is 0.465 e. The Morgan fingerprint density at radius 1 is 0.520 bits per heavy atom. The normalized spacial score (nSPS) is 10.2. The molecule has 1 heterocycles. The minimum atomic E-state index is -0.446. The van der Waals surface area contributed by atoms with Crippen LogP contribution in [0.25, 0.3) is 0 Å². The summed E-state index contributed by atoms with van der Waals surface area (Å²) in [6.45, 7) is 0. The van der Waals surface area contributed by atoms with Crippen molar-refractivity contribution in [1.29, 1.82) is 0 Å². The van der Waals surface area contributed by atoms with E-state index in [9.17, 15) is 0 Å². The van der Waals surface area contributed by atoms with Gasteiger partial charge in [0, 0.05) is 0 Å². The van der Waals surface area contributed by atoms with Crippen LogP contribution in [0.5, 0.6) is 0 Å². The predicted octanol–water partition coefficient (Wildman–Crippen LogP) is 4.22. The molecule has 4 rings (SSSR count). The average molecular weight is 362 g/mol. The molecule has 1 aromatic heterocycles. The van der Waals surface area contributed by atoms with E-state index in [4.69, 9.17) is 4.42 Å². The van der Waals surface area contributed by atoms with E-state index < -0.39 is 7.92 Å². The number of rotatable bonds is 3. The van der Waals surface area contributed by atoms with Gasteiger partial charge in [-0.1, -0.05) is 100 Å². The molecular formula is C22H20OP2. The van der Waals surface area contributed by atoms with Gasteiger partial charge < -0.3 is 4.42 Å². The lowest BCUT2D eigenvalue weighted by Crippen LogP contribution is -2.20. The van der Waals surface area contributed by atoms with E-state index in [0.29, 0.717) is 0 Å². The van der Waals surface area contributed by atoms with Crippen LogP contribution in [0.3, 0.4) is 0 Å². The molecule has 4 aromatic rings. The highest BCUT2D eigenvalue weighted by Crippen LogP contribution is 2.32. The zero-order valence-corrected chi connectivity index (χ0v) is 15.9. The average Bonchev–Trinajstić information content (AvgIpc) is 3.16. The minimum Gasteiger partial charge on any atom is -0.465 e. The van der Waals surface area contributed by atoms with E-state index in [1.807, 2.05) is 12.1 Å². The fraction of sp³-hybridized carbons (Fsp3) is 0. The summed E-state index contributed by atoms with van der Waals surface area (Å²) in [5, 5.41) is 4.19. The Bertz CT molecular complexity index is 751. The van der Waals surface area contributed by atoms with Crippen LogP contribution in [0.15, 0.2) is 114 Å². The number of hydrogen-bond acceptors (Lipinski definition) is 1. The summed E-state index contributed by atoms with van der Waals surface area (Å²) in [6, 6.07) is 36.1. The lowest BCUT2D eigenvalue weighted by atomic mass is 10.4. The van der Waals surface area contributed by atoms with Gasteiger partial charge in [-0.3, -0.25) is 0 Å². The first kappa shape index (κ1) is 17.6. The predicted molar refractivity (Wildman–Crippen MR) is 113 cm³/mol. The van der Waals surface area contributed by atoms with E-state index in [0.717, 1.165) is 5.50 Å². The highest BCUT2D eigenvalue weighted by Gasteiger charge is 2.14. The third-order valence-electron chi connectivity index (χ3n) is 3.59. The van der Waals surface area contributed by atoms with Crippen LogP contribution >= 0.6 is 17.2 Å². The van der Waals surface area contributed by atoms with Gasteiger partial charge in [-0.25, -0.2) is 0 Å². The van der Waals surface area contributed by atoms with Crippen LogP contribution in [-0.2, 0) is 0 Å². The molecule has 124 valence electrons. The van der Waals surface area contributed by atoms with Gasteiger partial charge in [-0.2, -0.15) is 0 Å². The van der Waals surface area contributed by atoms with Gasteiger partial charge in [0.25, 0.3) is 0 Å². The van der Waals surface area contributed by atoms with E-state index in [2.05, 4.69) is 100 Å². The number of benzene rings is 3. The highest BCUT2D eigenvalue weighted by molar-refractivity contribution is 7.79. The Balaban J connectivity index is 0.000000258. The molecule has 1 nitrogen and oxygen atoms in total. The second-order valence-electron chi connectivity index (χ2n) is 5.36. The molecule has 0 aliphatic carbocycles. The molecule has 0 bridgehead atoms. The maximum absolute atomic E-state index is 4.80. The smallest absolute Gasteiger partial charge is 0.119 e. The fourth-order valence-corrected chi connectivity index (χ4v) is 4.96. The first-order chi connectivity index (χ1) is 12.3. The van der Waals surface area contributed by atoms with Crippen LogP contribution in [0, 0.1) is 0 Å². The lowest BCUT2D eigenvalue weighted by Gasteiger charge is -2.18. The summed E-state index contributed by atoms with van der Waals surface area (Å²) in [5.41, 5.74) is 0.884. The SMILES string of the molecule is Pc1ccco1.c1ccc(P(c2ccccc2)c2ccccc2)cc1. The van der Waals surface area contributed by atoms with Gasteiger partial charge in [-0.15, -0.1) is 0 Å². The Labute approximate surface area is 152 Å². The second kappa shape index (κ2) is 9.33. The van der Waals surface area contributed by atoms with Crippen LogP contribution < -0.4 is 21.4 Å². The fourth-order valence-electron chi connectivity index (χ4n) is 2.47.